The number of carbonyl (C=O) groups excluding carboxylic acids is 1. The van der Waals surface area contributed by atoms with Gasteiger partial charge in [0.15, 0.2) is 0 Å². The Balaban J connectivity index is 0. The third kappa shape index (κ3) is 62.7. The van der Waals surface area contributed by atoms with Crippen LogP contribution in [-0.2, 0) is 9.53 Å². The number of hydrogen-bond donors (Lipinski definition) is 0. The van der Waals surface area contributed by atoms with Crippen LogP contribution in [0.25, 0.3) is 0 Å². The molecule has 0 atom stereocenters. The standard InChI is InChI=1S/C4H8O2.C3H6O/c1-3-6-4(2)5;1-3(2)4/h3H2,1-2H3;4H,1H2,2H3/p-1. The number of allylic oxidation sites excluding steroid dienone is 1. The van der Waals surface area contributed by atoms with E-state index in [1.165, 1.54) is 13.8 Å². The SMILES string of the molecule is C=C(C)[O-].CCOC(C)=O. The minimum atomic E-state index is -0.211. The lowest BCUT2D eigenvalue weighted by atomic mass is 10.7. The van der Waals surface area contributed by atoms with Gasteiger partial charge in [-0.3, -0.25) is 4.79 Å². The van der Waals surface area contributed by atoms with Crippen LogP contribution < -0.4 is 5.11 Å². The van der Waals surface area contributed by atoms with Crippen LogP contribution in [0.3, 0.4) is 0 Å². The molecule has 0 unspecified atom stereocenters. The van der Waals surface area contributed by atoms with Crippen LogP contribution in [0, 0.1) is 0 Å². The van der Waals surface area contributed by atoms with E-state index in [0.29, 0.717) is 6.61 Å². The topological polar surface area (TPSA) is 49.4 Å². The smallest absolute Gasteiger partial charge is 0.302 e. The van der Waals surface area contributed by atoms with Crippen LogP contribution in [0.1, 0.15) is 20.8 Å². The van der Waals surface area contributed by atoms with E-state index in [-0.39, 0.29) is 11.7 Å². The number of rotatable bonds is 1. The van der Waals surface area contributed by atoms with Gasteiger partial charge in [-0.2, -0.15) is 0 Å². The quantitative estimate of drug-likeness (QED) is 0.397. The van der Waals surface area contributed by atoms with Crippen LogP contribution in [0.4, 0.5) is 0 Å². The van der Waals surface area contributed by atoms with Crippen molar-refractivity contribution in [3.05, 3.63) is 12.3 Å². The molecule has 60 valence electrons. The highest BCUT2D eigenvalue weighted by Crippen LogP contribution is 1.69. The van der Waals surface area contributed by atoms with Gasteiger partial charge in [0.2, 0.25) is 0 Å². The lowest BCUT2D eigenvalue weighted by molar-refractivity contribution is -0.300. The second-order valence-corrected chi connectivity index (χ2v) is 1.63. The summed E-state index contributed by atoms with van der Waals surface area (Å²) in [5.41, 5.74) is 0. The van der Waals surface area contributed by atoms with Crippen molar-refractivity contribution in [1.29, 1.82) is 0 Å². The average Bonchev–Trinajstić information content (AvgIpc) is 1.62. The minimum absolute atomic E-state index is 0.0833. The van der Waals surface area contributed by atoms with Crippen molar-refractivity contribution in [2.45, 2.75) is 20.8 Å². The highest BCUT2D eigenvalue weighted by Gasteiger charge is 1.81. The highest BCUT2D eigenvalue weighted by molar-refractivity contribution is 5.65. The van der Waals surface area contributed by atoms with Crippen LogP contribution in [-0.4, -0.2) is 12.6 Å². The van der Waals surface area contributed by atoms with Gasteiger partial charge >= 0.3 is 5.97 Å². The Labute approximate surface area is 61.3 Å². The molecule has 3 nitrogen and oxygen atoms in total. The van der Waals surface area contributed by atoms with E-state index in [9.17, 15) is 9.90 Å². The summed E-state index contributed by atoms with van der Waals surface area (Å²) in [6, 6.07) is 0. The molecule has 0 aromatic carbocycles. The Morgan fingerprint density at radius 1 is 1.60 bits per heavy atom. The van der Waals surface area contributed by atoms with Gasteiger partial charge in [0.25, 0.3) is 0 Å². The summed E-state index contributed by atoms with van der Waals surface area (Å²) in [5.74, 6) is -0.294. The number of hydrogen-bond acceptors (Lipinski definition) is 3. The first-order chi connectivity index (χ1) is 4.50. The van der Waals surface area contributed by atoms with Crippen molar-refractivity contribution in [2.24, 2.45) is 0 Å². The summed E-state index contributed by atoms with van der Waals surface area (Å²) in [6.07, 6.45) is 0. The van der Waals surface area contributed by atoms with E-state index >= 15 is 0 Å². The summed E-state index contributed by atoms with van der Waals surface area (Å²) < 4.78 is 4.40. The number of ether oxygens (including phenoxy) is 1. The largest absolute Gasteiger partial charge is 0.876 e. The van der Waals surface area contributed by atoms with Crippen LogP contribution >= 0.6 is 0 Å². The molecule has 0 spiro atoms. The zero-order valence-electron chi connectivity index (χ0n) is 6.64. The molecule has 0 aliphatic heterocycles. The Bertz CT molecular complexity index is 103. The lowest BCUT2D eigenvalue weighted by Gasteiger charge is -1.92. The molecule has 0 aliphatic carbocycles. The van der Waals surface area contributed by atoms with E-state index < -0.39 is 0 Å². The molecular formula is C7H13O3-. The van der Waals surface area contributed by atoms with Gasteiger partial charge in [-0.15, -0.1) is 12.3 Å². The van der Waals surface area contributed by atoms with E-state index in [0.717, 1.165) is 0 Å². The summed E-state index contributed by atoms with van der Waals surface area (Å²) in [4.78, 5) is 9.82. The fraction of sp³-hybridized carbons (Fsp3) is 0.571. The first kappa shape index (κ1) is 11.8. The van der Waals surface area contributed by atoms with Gasteiger partial charge in [-0.05, 0) is 6.92 Å². The average molecular weight is 145 g/mol. The maximum absolute atomic E-state index is 9.82. The van der Waals surface area contributed by atoms with E-state index in [2.05, 4.69) is 11.3 Å². The zero-order chi connectivity index (χ0) is 8.57. The molecule has 3 heteroatoms. The fourth-order valence-corrected chi connectivity index (χ4v) is 0.203. The second-order valence-electron chi connectivity index (χ2n) is 1.63. The van der Waals surface area contributed by atoms with Crippen molar-refractivity contribution in [2.75, 3.05) is 6.61 Å². The van der Waals surface area contributed by atoms with Gasteiger partial charge in [0.05, 0.1) is 6.61 Å². The zero-order valence-corrected chi connectivity index (χ0v) is 6.64. The molecule has 0 bridgehead atoms. The van der Waals surface area contributed by atoms with Crippen molar-refractivity contribution < 1.29 is 14.6 Å². The van der Waals surface area contributed by atoms with Gasteiger partial charge in [0, 0.05) is 6.92 Å². The maximum Gasteiger partial charge on any atom is 0.302 e. The Hall–Kier alpha value is -0.990. The number of carbonyl (C=O) groups is 1. The number of esters is 1. The predicted molar refractivity (Wildman–Crippen MR) is 37.1 cm³/mol. The molecule has 0 fully saturated rings. The minimum Gasteiger partial charge on any atom is -0.876 e. The Morgan fingerprint density at radius 3 is 1.90 bits per heavy atom. The molecule has 0 saturated heterocycles. The third-order valence-electron chi connectivity index (χ3n) is 0.348. The second kappa shape index (κ2) is 8.01. The molecule has 0 radical (unpaired) electrons. The molecule has 0 aromatic rings. The van der Waals surface area contributed by atoms with Crippen molar-refractivity contribution in [1.82, 2.24) is 0 Å². The fourth-order valence-electron chi connectivity index (χ4n) is 0.203. The first-order valence-electron chi connectivity index (χ1n) is 2.96. The molecule has 10 heavy (non-hydrogen) atoms. The molecule has 0 heterocycles. The molecule has 0 saturated carbocycles. The molecule has 0 aromatic heterocycles. The van der Waals surface area contributed by atoms with Gasteiger partial charge in [0.1, 0.15) is 0 Å². The summed E-state index contributed by atoms with van der Waals surface area (Å²) in [5, 5.41) is 9.33. The van der Waals surface area contributed by atoms with Crippen LogP contribution in [0.5, 0.6) is 0 Å². The first-order valence-corrected chi connectivity index (χ1v) is 2.96. The molecule has 0 aliphatic rings. The maximum atomic E-state index is 9.82. The molecular weight excluding hydrogens is 132 g/mol. The predicted octanol–water partition coefficient (Wildman–Crippen LogP) is 0.450. The summed E-state index contributed by atoms with van der Waals surface area (Å²) >= 11 is 0. The Kier molecular flexibility index (Phi) is 9.42. The van der Waals surface area contributed by atoms with Crippen molar-refractivity contribution in [3.63, 3.8) is 0 Å². The van der Waals surface area contributed by atoms with Gasteiger partial charge in [-0.1, -0.05) is 6.92 Å². The molecule has 0 amide bonds. The monoisotopic (exact) mass is 145 g/mol. The normalized spacial score (nSPS) is 7.10. The molecule has 0 N–H and O–H groups in total. The summed E-state index contributed by atoms with van der Waals surface area (Å²) in [7, 11) is 0. The lowest BCUT2D eigenvalue weighted by Crippen LogP contribution is -1.95. The van der Waals surface area contributed by atoms with E-state index in [4.69, 9.17) is 0 Å². The van der Waals surface area contributed by atoms with E-state index in [1.54, 1.807) is 6.92 Å². The third-order valence-corrected chi connectivity index (χ3v) is 0.348. The van der Waals surface area contributed by atoms with Gasteiger partial charge < -0.3 is 9.84 Å². The van der Waals surface area contributed by atoms with Crippen molar-refractivity contribution in [3.8, 4) is 0 Å². The van der Waals surface area contributed by atoms with Gasteiger partial charge in [-0.25, -0.2) is 0 Å². The molecule has 0 rings (SSSR count). The Morgan fingerprint density at radius 2 is 1.90 bits per heavy atom. The summed E-state index contributed by atoms with van der Waals surface area (Å²) in [6.45, 7) is 8.07. The highest BCUT2D eigenvalue weighted by atomic mass is 16.5. The van der Waals surface area contributed by atoms with Crippen molar-refractivity contribution >= 4 is 5.97 Å². The van der Waals surface area contributed by atoms with Crippen LogP contribution in [0.15, 0.2) is 12.3 Å². The van der Waals surface area contributed by atoms with Crippen LogP contribution in [0.2, 0.25) is 0 Å². The van der Waals surface area contributed by atoms with E-state index in [1.807, 2.05) is 0 Å².